The maximum atomic E-state index is 12.8. The Bertz CT molecular complexity index is 1020. The van der Waals surface area contributed by atoms with Crippen molar-refractivity contribution >= 4 is 21.7 Å². The number of hydrogen-bond acceptors (Lipinski definition) is 8. The van der Waals surface area contributed by atoms with E-state index in [1.807, 2.05) is 23.1 Å². The average molecular weight is 433 g/mol. The van der Waals surface area contributed by atoms with Crippen molar-refractivity contribution in [2.75, 3.05) is 31.4 Å². The Hall–Kier alpha value is -2.98. The maximum absolute atomic E-state index is 12.8. The van der Waals surface area contributed by atoms with Crippen molar-refractivity contribution in [3.05, 3.63) is 53.6 Å². The van der Waals surface area contributed by atoms with Gasteiger partial charge < -0.3 is 19.7 Å². The van der Waals surface area contributed by atoms with E-state index in [-0.39, 0.29) is 17.5 Å². The number of amides is 1. The number of ether oxygens (including phenoxy) is 2. The summed E-state index contributed by atoms with van der Waals surface area (Å²) in [7, 11) is -1.63. The van der Waals surface area contributed by atoms with Gasteiger partial charge in [0.2, 0.25) is 11.8 Å². The molecule has 1 saturated heterocycles. The highest BCUT2D eigenvalue weighted by atomic mass is 32.2. The molecule has 1 atom stereocenters. The second-order valence-electron chi connectivity index (χ2n) is 6.99. The quantitative estimate of drug-likeness (QED) is 0.672. The van der Waals surface area contributed by atoms with Crippen LogP contribution in [0.5, 0.6) is 11.6 Å². The van der Waals surface area contributed by atoms with Crippen LogP contribution in [0, 0.1) is 0 Å². The van der Waals surface area contributed by atoms with E-state index < -0.39 is 21.8 Å². The molecule has 0 bridgehead atoms. The summed E-state index contributed by atoms with van der Waals surface area (Å²) in [6.07, 6.45) is 4.01. The predicted octanol–water partition coefficient (Wildman–Crippen LogP) is 1.78. The van der Waals surface area contributed by atoms with Gasteiger partial charge in [0.05, 0.1) is 6.10 Å². The van der Waals surface area contributed by atoms with Crippen LogP contribution in [0.1, 0.15) is 17.3 Å². The zero-order chi connectivity index (χ0) is 21.7. The summed E-state index contributed by atoms with van der Waals surface area (Å²) >= 11 is 0. The molecule has 30 heavy (non-hydrogen) atoms. The Morgan fingerprint density at radius 3 is 2.63 bits per heavy atom. The predicted molar refractivity (Wildman–Crippen MR) is 112 cm³/mol. The molecule has 0 spiro atoms. The molecule has 0 radical (unpaired) electrons. The molecular formula is C20H24N4O5S. The lowest BCUT2D eigenvalue weighted by molar-refractivity contribution is 0.0777. The number of benzene rings is 1. The molecule has 0 saturated carbocycles. The number of para-hydroxylation sites is 1. The summed E-state index contributed by atoms with van der Waals surface area (Å²) in [5.41, 5.74) is 0.144. The summed E-state index contributed by atoms with van der Waals surface area (Å²) in [6.45, 7) is 2.97. The maximum Gasteiger partial charge on any atom is 0.258 e. The van der Waals surface area contributed by atoms with E-state index in [9.17, 15) is 13.2 Å². The van der Waals surface area contributed by atoms with Gasteiger partial charge in [-0.3, -0.25) is 4.79 Å². The molecule has 160 valence electrons. The number of carbonyl (C=O) groups excluding carboxylic acids is 1. The van der Waals surface area contributed by atoms with Crippen molar-refractivity contribution in [1.29, 1.82) is 0 Å². The van der Waals surface area contributed by atoms with Gasteiger partial charge in [-0.2, -0.15) is 4.98 Å². The normalized spacial score (nSPS) is 15.6. The van der Waals surface area contributed by atoms with Crippen LogP contribution >= 0.6 is 0 Å². The van der Waals surface area contributed by atoms with Crippen molar-refractivity contribution in [3.63, 3.8) is 0 Å². The van der Waals surface area contributed by atoms with Crippen LogP contribution in [0.25, 0.3) is 0 Å². The minimum atomic E-state index is -3.28. The molecule has 9 nitrogen and oxygen atoms in total. The van der Waals surface area contributed by atoms with E-state index in [0.29, 0.717) is 24.8 Å². The topological polar surface area (TPSA) is 111 Å². The number of sulfone groups is 1. The summed E-state index contributed by atoms with van der Waals surface area (Å²) < 4.78 is 33.7. The van der Waals surface area contributed by atoms with Gasteiger partial charge in [-0.05, 0) is 19.1 Å². The molecule has 2 heterocycles. The SMILES string of the molecule is COC1CN(c2ncc(C(=O)NC(C)/C=C/S(C)(=O)=O)c(Oc3ccccc3)n2)C1. The molecule has 1 amide bonds. The Labute approximate surface area is 175 Å². The Morgan fingerprint density at radius 1 is 1.30 bits per heavy atom. The zero-order valence-electron chi connectivity index (χ0n) is 17.0. The minimum Gasteiger partial charge on any atom is -0.438 e. The van der Waals surface area contributed by atoms with E-state index >= 15 is 0 Å². The molecule has 1 unspecified atom stereocenters. The van der Waals surface area contributed by atoms with Crippen molar-refractivity contribution in [1.82, 2.24) is 15.3 Å². The Balaban J connectivity index is 1.83. The molecule has 1 N–H and O–H groups in total. The first-order chi connectivity index (χ1) is 14.2. The Morgan fingerprint density at radius 2 is 2.00 bits per heavy atom. The third kappa shape index (κ3) is 5.77. The number of aromatic nitrogens is 2. The second-order valence-corrected chi connectivity index (χ2v) is 8.92. The summed E-state index contributed by atoms with van der Waals surface area (Å²) in [5.74, 6) is 0.607. The molecule has 1 aliphatic heterocycles. The van der Waals surface area contributed by atoms with E-state index in [0.717, 1.165) is 11.7 Å². The van der Waals surface area contributed by atoms with E-state index in [1.54, 1.807) is 26.2 Å². The number of rotatable bonds is 8. The highest BCUT2D eigenvalue weighted by Gasteiger charge is 2.30. The zero-order valence-corrected chi connectivity index (χ0v) is 17.8. The van der Waals surface area contributed by atoms with Crippen LogP contribution in [0.4, 0.5) is 5.95 Å². The number of carbonyl (C=O) groups is 1. The van der Waals surface area contributed by atoms with Crippen LogP contribution in [0.2, 0.25) is 0 Å². The largest absolute Gasteiger partial charge is 0.438 e. The van der Waals surface area contributed by atoms with Gasteiger partial charge in [-0.25, -0.2) is 13.4 Å². The third-order valence-electron chi connectivity index (χ3n) is 4.38. The number of nitrogens with zero attached hydrogens (tertiary/aromatic N) is 3. The van der Waals surface area contributed by atoms with Gasteiger partial charge in [-0.1, -0.05) is 24.3 Å². The summed E-state index contributed by atoms with van der Waals surface area (Å²) in [4.78, 5) is 23.4. The molecule has 0 aliphatic carbocycles. The summed E-state index contributed by atoms with van der Waals surface area (Å²) in [5, 5.41) is 3.75. The fraction of sp³-hybridized carbons (Fsp3) is 0.350. The van der Waals surface area contributed by atoms with Crippen LogP contribution < -0.4 is 15.0 Å². The first kappa shape index (κ1) is 21.7. The third-order valence-corrected chi connectivity index (χ3v) is 5.03. The highest BCUT2D eigenvalue weighted by Crippen LogP contribution is 2.27. The van der Waals surface area contributed by atoms with Crippen LogP contribution in [-0.4, -0.2) is 62.9 Å². The second kappa shape index (κ2) is 9.23. The Kier molecular flexibility index (Phi) is 6.68. The van der Waals surface area contributed by atoms with E-state index in [1.165, 1.54) is 12.3 Å². The monoisotopic (exact) mass is 432 g/mol. The smallest absolute Gasteiger partial charge is 0.258 e. The number of nitrogens with one attached hydrogen (secondary N) is 1. The molecule has 10 heteroatoms. The molecular weight excluding hydrogens is 408 g/mol. The number of hydrogen-bond donors (Lipinski definition) is 1. The molecule has 1 aromatic heterocycles. The highest BCUT2D eigenvalue weighted by molar-refractivity contribution is 7.93. The lowest BCUT2D eigenvalue weighted by atomic mass is 10.2. The summed E-state index contributed by atoms with van der Waals surface area (Å²) in [6, 6.07) is 8.47. The van der Waals surface area contributed by atoms with E-state index in [2.05, 4.69) is 15.3 Å². The lowest BCUT2D eigenvalue weighted by Crippen LogP contribution is -2.52. The first-order valence-corrected chi connectivity index (χ1v) is 11.3. The van der Waals surface area contributed by atoms with E-state index in [4.69, 9.17) is 9.47 Å². The molecule has 1 aromatic carbocycles. The molecule has 3 rings (SSSR count). The molecule has 2 aromatic rings. The van der Waals surface area contributed by atoms with Gasteiger partial charge in [0.25, 0.3) is 5.91 Å². The fourth-order valence-corrected chi connectivity index (χ4v) is 3.21. The number of anilines is 1. The lowest BCUT2D eigenvalue weighted by Gasteiger charge is -2.38. The first-order valence-electron chi connectivity index (χ1n) is 9.32. The van der Waals surface area contributed by atoms with Crippen molar-refractivity contribution in [2.45, 2.75) is 19.1 Å². The van der Waals surface area contributed by atoms with Gasteiger partial charge in [0.1, 0.15) is 11.3 Å². The molecule has 1 fully saturated rings. The van der Waals surface area contributed by atoms with Crippen LogP contribution in [0.15, 0.2) is 48.0 Å². The van der Waals surface area contributed by atoms with Crippen molar-refractivity contribution < 1.29 is 22.7 Å². The van der Waals surface area contributed by atoms with Crippen LogP contribution in [-0.2, 0) is 14.6 Å². The average Bonchev–Trinajstić information content (AvgIpc) is 2.66. The van der Waals surface area contributed by atoms with Gasteiger partial charge in [-0.15, -0.1) is 0 Å². The van der Waals surface area contributed by atoms with Crippen molar-refractivity contribution in [2.24, 2.45) is 0 Å². The van der Waals surface area contributed by atoms with Gasteiger partial charge >= 0.3 is 0 Å². The standard InChI is InChI=1S/C20H24N4O5S/c1-14(9-10-30(3,26)27)22-18(25)17-11-21-20(24-12-16(13-24)28-2)23-19(17)29-15-7-5-4-6-8-15/h4-11,14,16H,12-13H2,1-3H3,(H,22,25)/b10-9+. The minimum absolute atomic E-state index is 0.115. The van der Waals surface area contributed by atoms with Crippen molar-refractivity contribution in [3.8, 4) is 11.6 Å². The van der Waals surface area contributed by atoms with Crippen LogP contribution in [0.3, 0.4) is 0 Å². The van der Waals surface area contributed by atoms with Gasteiger partial charge in [0, 0.05) is 44.1 Å². The van der Waals surface area contributed by atoms with Gasteiger partial charge in [0.15, 0.2) is 9.84 Å². The molecule has 1 aliphatic rings. The fourth-order valence-electron chi connectivity index (χ4n) is 2.69. The number of methoxy groups -OCH3 is 1.